The van der Waals surface area contributed by atoms with E-state index in [2.05, 4.69) is 6.58 Å². The molecule has 0 aromatic heterocycles. The molecule has 0 bridgehead atoms. The van der Waals surface area contributed by atoms with Gasteiger partial charge in [-0.15, -0.1) is 0 Å². The second kappa shape index (κ2) is 9.32. The van der Waals surface area contributed by atoms with Gasteiger partial charge in [0, 0.05) is 5.92 Å². The molecule has 0 amide bonds. The summed E-state index contributed by atoms with van der Waals surface area (Å²) in [6.07, 6.45) is 17.9. The minimum absolute atomic E-state index is 0.382. The summed E-state index contributed by atoms with van der Waals surface area (Å²) in [5.74, 6) is 0.935. The predicted molar refractivity (Wildman–Crippen MR) is 75.2 cm³/mol. The average Bonchev–Trinajstić information content (AvgIpc) is 2.30. The van der Waals surface area contributed by atoms with Crippen LogP contribution < -0.4 is 0 Å². The Morgan fingerprint density at radius 3 is 1.65 bits per heavy atom. The van der Waals surface area contributed by atoms with Crippen molar-refractivity contribution in [2.75, 3.05) is 0 Å². The van der Waals surface area contributed by atoms with Crippen LogP contribution in [0.2, 0.25) is 0 Å². The molecule has 17 heavy (non-hydrogen) atoms. The summed E-state index contributed by atoms with van der Waals surface area (Å²) in [4.78, 5) is 0. The van der Waals surface area contributed by atoms with Gasteiger partial charge < -0.3 is 5.11 Å². The minimum atomic E-state index is 0.382. The Bertz CT molecular complexity index is 218. The van der Waals surface area contributed by atoms with E-state index in [1.165, 1.54) is 57.8 Å². The van der Waals surface area contributed by atoms with E-state index in [-0.39, 0.29) is 0 Å². The summed E-state index contributed by atoms with van der Waals surface area (Å²) < 4.78 is 0. The van der Waals surface area contributed by atoms with Crippen LogP contribution >= 0.6 is 0 Å². The van der Waals surface area contributed by atoms with E-state index >= 15 is 0 Å². The van der Waals surface area contributed by atoms with Gasteiger partial charge in [0.1, 0.15) is 0 Å². The molecule has 0 heterocycles. The van der Waals surface area contributed by atoms with Crippen molar-refractivity contribution in [3.63, 3.8) is 0 Å². The first-order valence-corrected chi connectivity index (χ1v) is 7.36. The summed E-state index contributed by atoms with van der Waals surface area (Å²) in [5, 5.41) is 9.97. The average molecular weight is 236 g/mol. The molecule has 1 N–H and O–H groups in total. The molecule has 1 nitrogen and oxygen atoms in total. The monoisotopic (exact) mass is 236 g/mol. The summed E-state index contributed by atoms with van der Waals surface area (Å²) in [5.41, 5.74) is 0. The Kier molecular flexibility index (Phi) is 7.87. The molecular formula is C16H28O. The highest BCUT2D eigenvalue weighted by Crippen LogP contribution is 2.25. The molecule has 1 heteroatoms. The lowest BCUT2D eigenvalue weighted by Crippen LogP contribution is -2.05. The second-order valence-corrected chi connectivity index (χ2v) is 5.28. The lowest BCUT2D eigenvalue weighted by atomic mass is 9.91. The zero-order valence-corrected chi connectivity index (χ0v) is 11.2. The smallest absolute Gasteiger partial charge is 0.0953 e. The van der Waals surface area contributed by atoms with Gasteiger partial charge in [0.05, 0.1) is 5.76 Å². The third-order valence-corrected chi connectivity index (χ3v) is 3.81. The lowest BCUT2D eigenvalue weighted by Gasteiger charge is -2.17. The van der Waals surface area contributed by atoms with E-state index in [0.717, 1.165) is 12.8 Å². The number of aliphatic hydroxyl groups excluding tert-OH is 1. The van der Waals surface area contributed by atoms with Gasteiger partial charge in [-0.3, -0.25) is 0 Å². The number of hydrogen-bond acceptors (Lipinski definition) is 1. The van der Waals surface area contributed by atoms with Gasteiger partial charge in [0.15, 0.2) is 0 Å². The quantitative estimate of drug-likeness (QED) is 0.493. The van der Waals surface area contributed by atoms with Crippen LogP contribution in [0.4, 0.5) is 0 Å². The maximum atomic E-state index is 9.97. The van der Waals surface area contributed by atoms with Crippen LogP contribution in [-0.2, 0) is 0 Å². The maximum Gasteiger partial charge on any atom is 0.0953 e. The normalized spacial score (nSPS) is 22.5. The first kappa shape index (κ1) is 14.3. The highest BCUT2D eigenvalue weighted by molar-refractivity contribution is 5.06. The van der Waals surface area contributed by atoms with Gasteiger partial charge in [-0.05, 0) is 18.9 Å². The zero-order chi connectivity index (χ0) is 12.3. The SMILES string of the molecule is C=C/C=C(\O)C1CCCCCCCCCCC1. The standard InChI is InChI=1S/C16H28O/c1-2-12-16(17)15-13-10-8-6-4-3-5-7-9-11-14-15/h2,12,15,17H,1,3-11,13-14H2/b16-12-. The van der Waals surface area contributed by atoms with Crippen molar-refractivity contribution in [1.82, 2.24) is 0 Å². The molecule has 98 valence electrons. The highest BCUT2D eigenvalue weighted by atomic mass is 16.3. The highest BCUT2D eigenvalue weighted by Gasteiger charge is 2.13. The van der Waals surface area contributed by atoms with Crippen molar-refractivity contribution in [1.29, 1.82) is 0 Å². The third-order valence-electron chi connectivity index (χ3n) is 3.81. The number of allylic oxidation sites excluding steroid dienone is 3. The predicted octanol–water partition coefficient (Wildman–Crippen LogP) is 5.54. The molecule has 0 unspecified atom stereocenters. The first-order chi connectivity index (χ1) is 8.34. The summed E-state index contributed by atoms with van der Waals surface area (Å²) in [6.45, 7) is 3.66. The van der Waals surface area contributed by atoms with Crippen LogP contribution in [0.15, 0.2) is 24.5 Å². The van der Waals surface area contributed by atoms with Crippen LogP contribution in [0.5, 0.6) is 0 Å². The van der Waals surface area contributed by atoms with Crippen molar-refractivity contribution in [2.24, 2.45) is 5.92 Å². The first-order valence-electron chi connectivity index (χ1n) is 7.36. The van der Waals surface area contributed by atoms with Gasteiger partial charge in [0.25, 0.3) is 0 Å². The summed E-state index contributed by atoms with van der Waals surface area (Å²) in [7, 11) is 0. The molecule has 1 aliphatic rings. The van der Waals surface area contributed by atoms with Gasteiger partial charge in [0.2, 0.25) is 0 Å². The fourth-order valence-corrected chi connectivity index (χ4v) is 2.72. The fourth-order valence-electron chi connectivity index (χ4n) is 2.72. The topological polar surface area (TPSA) is 20.2 Å². The molecule has 1 saturated carbocycles. The zero-order valence-electron chi connectivity index (χ0n) is 11.2. The maximum absolute atomic E-state index is 9.97. The molecule has 0 atom stereocenters. The molecule has 0 radical (unpaired) electrons. The van der Waals surface area contributed by atoms with E-state index in [0.29, 0.717) is 11.7 Å². The van der Waals surface area contributed by atoms with Crippen molar-refractivity contribution >= 4 is 0 Å². The van der Waals surface area contributed by atoms with Crippen LogP contribution in [-0.4, -0.2) is 5.11 Å². The number of rotatable bonds is 2. The molecule has 0 aliphatic heterocycles. The van der Waals surface area contributed by atoms with Gasteiger partial charge in [-0.2, -0.15) is 0 Å². The molecule has 1 rings (SSSR count). The Balaban J connectivity index is 2.42. The van der Waals surface area contributed by atoms with E-state index in [1.807, 2.05) is 0 Å². The largest absolute Gasteiger partial charge is 0.512 e. The van der Waals surface area contributed by atoms with Crippen molar-refractivity contribution in [3.05, 3.63) is 24.5 Å². The van der Waals surface area contributed by atoms with Crippen molar-refractivity contribution in [2.45, 2.75) is 70.6 Å². The molecule has 0 aromatic rings. The molecule has 0 aromatic carbocycles. The van der Waals surface area contributed by atoms with Crippen LogP contribution in [0.3, 0.4) is 0 Å². The van der Waals surface area contributed by atoms with E-state index in [4.69, 9.17) is 0 Å². The van der Waals surface area contributed by atoms with Crippen LogP contribution in [0.25, 0.3) is 0 Å². The lowest BCUT2D eigenvalue weighted by molar-refractivity contribution is 0.294. The van der Waals surface area contributed by atoms with Crippen LogP contribution in [0.1, 0.15) is 70.6 Å². The van der Waals surface area contributed by atoms with Crippen molar-refractivity contribution in [3.8, 4) is 0 Å². The van der Waals surface area contributed by atoms with E-state index < -0.39 is 0 Å². The molecule has 0 spiro atoms. The Morgan fingerprint density at radius 1 is 0.824 bits per heavy atom. The molecule has 0 saturated heterocycles. The second-order valence-electron chi connectivity index (χ2n) is 5.28. The van der Waals surface area contributed by atoms with E-state index in [1.54, 1.807) is 12.2 Å². The third kappa shape index (κ3) is 6.55. The molecular weight excluding hydrogens is 208 g/mol. The Labute approximate surface area is 107 Å². The van der Waals surface area contributed by atoms with Gasteiger partial charge in [-0.25, -0.2) is 0 Å². The molecule has 1 fully saturated rings. The Hall–Kier alpha value is -0.720. The van der Waals surface area contributed by atoms with E-state index in [9.17, 15) is 5.11 Å². The number of aliphatic hydroxyl groups is 1. The fraction of sp³-hybridized carbons (Fsp3) is 0.750. The molecule has 1 aliphatic carbocycles. The summed E-state index contributed by atoms with van der Waals surface area (Å²) in [6, 6.07) is 0. The summed E-state index contributed by atoms with van der Waals surface area (Å²) >= 11 is 0. The number of hydrogen-bond donors (Lipinski definition) is 1. The van der Waals surface area contributed by atoms with Crippen LogP contribution in [0, 0.1) is 5.92 Å². The van der Waals surface area contributed by atoms with Gasteiger partial charge >= 0.3 is 0 Å². The van der Waals surface area contributed by atoms with Crippen molar-refractivity contribution < 1.29 is 5.11 Å². The van der Waals surface area contributed by atoms with Gasteiger partial charge in [-0.1, -0.05) is 70.4 Å². The Morgan fingerprint density at radius 2 is 1.24 bits per heavy atom. The minimum Gasteiger partial charge on any atom is -0.512 e.